The molecule has 0 spiro atoms. The van der Waals surface area contributed by atoms with Gasteiger partial charge in [0, 0.05) is 30.4 Å². The number of carbonyl (C=O) groups excluding carboxylic acids is 2. The molecule has 1 aromatic carbocycles. The maximum Gasteiger partial charge on any atom is 0.222 e. The van der Waals surface area contributed by atoms with Crippen LogP contribution in [0, 0.1) is 23.2 Å². The molecule has 1 saturated carbocycles. The van der Waals surface area contributed by atoms with Gasteiger partial charge in [0.1, 0.15) is 0 Å². The van der Waals surface area contributed by atoms with E-state index in [-0.39, 0.29) is 23.4 Å². The van der Waals surface area contributed by atoms with Crippen molar-refractivity contribution in [2.75, 3.05) is 0 Å². The number of benzene rings is 1. The molecule has 0 amide bonds. The molecule has 1 fully saturated rings. The standard InChI is InChI=1S/C17H14ClN3O2/c1-21-7-6-20-17(21)16(23)14(9-19)15(22)13-8-12(13)10-2-4-11(18)5-3-10/h2-7,12-14H,8H2,1H3/t12-,13-,14+/m0/s1. The predicted octanol–water partition coefficient (Wildman–Crippen LogP) is 2.77. The summed E-state index contributed by atoms with van der Waals surface area (Å²) in [6.07, 6.45) is 3.74. The fourth-order valence-corrected chi connectivity index (χ4v) is 2.91. The maximum atomic E-state index is 12.5. The highest BCUT2D eigenvalue weighted by Crippen LogP contribution is 2.49. The van der Waals surface area contributed by atoms with Crippen molar-refractivity contribution in [2.24, 2.45) is 18.9 Å². The summed E-state index contributed by atoms with van der Waals surface area (Å²) in [5, 5.41) is 9.92. The molecule has 3 atom stereocenters. The highest BCUT2D eigenvalue weighted by atomic mass is 35.5. The van der Waals surface area contributed by atoms with Crippen LogP contribution in [0.1, 0.15) is 28.5 Å². The van der Waals surface area contributed by atoms with Crippen LogP contribution < -0.4 is 0 Å². The van der Waals surface area contributed by atoms with Crippen molar-refractivity contribution in [3.8, 4) is 6.07 Å². The van der Waals surface area contributed by atoms with Gasteiger partial charge in [0.25, 0.3) is 0 Å². The summed E-state index contributed by atoms with van der Waals surface area (Å²) >= 11 is 5.86. The molecule has 1 heterocycles. The number of ketones is 2. The van der Waals surface area contributed by atoms with Gasteiger partial charge in [-0.25, -0.2) is 4.98 Å². The number of rotatable bonds is 5. The maximum absolute atomic E-state index is 12.5. The Hall–Kier alpha value is -2.45. The van der Waals surface area contributed by atoms with Gasteiger partial charge in [0.15, 0.2) is 17.5 Å². The summed E-state index contributed by atoms with van der Waals surface area (Å²) in [6, 6.07) is 9.15. The minimum atomic E-state index is -1.29. The largest absolute Gasteiger partial charge is 0.332 e. The Morgan fingerprint density at radius 3 is 2.65 bits per heavy atom. The zero-order valence-electron chi connectivity index (χ0n) is 12.4. The van der Waals surface area contributed by atoms with E-state index >= 15 is 0 Å². The van der Waals surface area contributed by atoms with Crippen molar-refractivity contribution in [3.05, 3.63) is 53.1 Å². The summed E-state index contributed by atoms with van der Waals surface area (Å²) in [5.74, 6) is -2.24. The number of Topliss-reactive ketones (excluding diaryl/α,β-unsaturated/α-hetero) is 2. The quantitative estimate of drug-likeness (QED) is 0.625. The first-order valence-electron chi connectivity index (χ1n) is 7.23. The lowest BCUT2D eigenvalue weighted by Gasteiger charge is -2.07. The van der Waals surface area contributed by atoms with E-state index in [1.165, 1.54) is 10.8 Å². The summed E-state index contributed by atoms with van der Waals surface area (Å²) in [6.45, 7) is 0. The second-order valence-corrected chi connectivity index (χ2v) is 6.13. The van der Waals surface area contributed by atoms with Crippen molar-refractivity contribution in [1.29, 1.82) is 5.26 Å². The van der Waals surface area contributed by atoms with Crippen LogP contribution in [0.3, 0.4) is 0 Å². The molecular formula is C17H14ClN3O2. The lowest BCUT2D eigenvalue weighted by Crippen LogP contribution is -2.26. The molecule has 3 rings (SSSR count). The first-order chi connectivity index (χ1) is 11.0. The number of hydrogen-bond donors (Lipinski definition) is 0. The average molecular weight is 328 g/mol. The van der Waals surface area contributed by atoms with Crippen molar-refractivity contribution in [3.63, 3.8) is 0 Å². The zero-order chi connectivity index (χ0) is 16.6. The van der Waals surface area contributed by atoms with Crippen LogP contribution >= 0.6 is 11.6 Å². The Kier molecular flexibility index (Phi) is 4.01. The Labute approximate surface area is 138 Å². The minimum Gasteiger partial charge on any atom is -0.332 e. The third-order valence-corrected chi connectivity index (χ3v) is 4.42. The van der Waals surface area contributed by atoms with Crippen molar-refractivity contribution in [2.45, 2.75) is 12.3 Å². The number of imidazole rings is 1. The van der Waals surface area contributed by atoms with E-state index in [4.69, 9.17) is 11.6 Å². The molecule has 2 aromatic rings. The van der Waals surface area contributed by atoms with Crippen LogP contribution in [0.25, 0.3) is 0 Å². The number of halogens is 1. The fourth-order valence-electron chi connectivity index (χ4n) is 2.79. The summed E-state index contributed by atoms with van der Waals surface area (Å²) in [4.78, 5) is 28.8. The topological polar surface area (TPSA) is 75.8 Å². The highest BCUT2D eigenvalue weighted by molar-refractivity contribution is 6.30. The van der Waals surface area contributed by atoms with Crippen LogP contribution in [0.4, 0.5) is 0 Å². The van der Waals surface area contributed by atoms with Crippen molar-refractivity contribution in [1.82, 2.24) is 9.55 Å². The minimum absolute atomic E-state index is 0.0600. The second kappa shape index (κ2) is 5.98. The lowest BCUT2D eigenvalue weighted by atomic mass is 9.94. The third kappa shape index (κ3) is 2.90. The van der Waals surface area contributed by atoms with Crippen LogP contribution in [0.15, 0.2) is 36.7 Å². The average Bonchev–Trinajstić information content (AvgIpc) is 3.22. The molecule has 0 radical (unpaired) electrons. The van der Waals surface area contributed by atoms with Gasteiger partial charge >= 0.3 is 0 Å². The molecule has 5 nitrogen and oxygen atoms in total. The molecule has 0 bridgehead atoms. The zero-order valence-corrected chi connectivity index (χ0v) is 13.2. The number of nitrogens with zero attached hydrogens (tertiary/aromatic N) is 3. The predicted molar refractivity (Wildman–Crippen MR) is 83.9 cm³/mol. The monoisotopic (exact) mass is 327 g/mol. The molecule has 23 heavy (non-hydrogen) atoms. The summed E-state index contributed by atoms with van der Waals surface area (Å²) < 4.78 is 1.52. The van der Waals surface area contributed by atoms with Gasteiger partial charge in [-0.3, -0.25) is 9.59 Å². The first-order valence-corrected chi connectivity index (χ1v) is 7.61. The molecule has 0 aliphatic heterocycles. The van der Waals surface area contributed by atoms with Gasteiger partial charge in [0.05, 0.1) is 6.07 Å². The van der Waals surface area contributed by atoms with Crippen LogP contribution in [0.2, 0.25) is 5.02 Å². The van der Waals surface area contributed by atoms with E-state index in [1.54, 1.807) is 25.4 Å². The fraction of sp³-hybridized carbons (Fsp3) is 0.294. The van der Waals surface area contributed by atoms with E-state index < -0.39 is 11.7 Å². The molecule has 1 aromatic heterocycles. The Balaban J connectivity index is 1.75. The first kappa shape index (κ1) is 15.4. The highest BCUT2D eigenvalue weighted by Gasteiger charge is 2.48. The van der Waals surface area contributed by atoms with E-state index in [0.717, 1.165) is 5.56 Å². The van der Waals surface area contributed by atoms with Gasteiger partial charge in [-0.05, 0) is 30.0 Å². The summed E-state index contributed by atoms with van der Waals surface area (Å²) in [7, 11) is 1.66. The SMILES string of the molecule is Cn1ccnc1C(=O)[C@H](C#N)C(=O)[C@H]1C[C@H]1c1ccc(Cl)cc1. The van der Waals surface area contributed by atoms with Crippen LogP contribution in [-0.2, 0) is 11.8 Å². The Morgan fingerprint density at radius 2 is 2.09 bits per heavy atom. The molecule has 0 unspecified atom stereocenters. The molecular weight excluding hydrogens is 314 g/mol. The lowest BCUT2D eigenvalue weighted by molar-refractivity contribution is -0.121. The van der Waals surface area contributed by atoms with Gasteiger partial charge in [-0.15, -0.1) is 0 Å². The number of aromatic nitrogens is 2. The number of aryl methyl sites for hydroxylation is 1. The van der Waals surface area contributed by atoms with Crippen molar-refractivity contribution < 1.29 is 9.59 Å². The molecule has 116 valence electrons. The number of nitriles is 1. The molecule has 1 aliphatic rings. The normalized spacial score (nSPS) is 20.6. The van der Waals surface area contributed by atoms with E-state index in [2.05, 4.69) is 4.98 Å². The molecule has 6 heteroatoms. The van der Waals surface area contributed by atoms with E-state index in [0.29, 0.717) is 11.4 Å². The number of hydrogen-bond acceptors (Lipinski definition) is 4. The molecule has 1 aliphatic carbocycles. The summed E-state index contributed by atoms with van der Waals surface area (Å²) in [5.41, 5.74) is 1.01. The van der Waals surface area contributed by atoms with E-state index in [9.17, 15) is 14.9 Å². The van der Waals surface area contributed by atoms with Gasteiger partial charge < -0.3 is 4.57 Å². The van der Waals surface area contributed by atoms with Gasteiger partial charge in [0.2, 0.25) is 5.78 Å². The second-order valence-electron chi connectivity index (χ2n) is 5.69. The van der Waals surface area contributed by atoms with Gasteiger partial charge in [-0.2, -0.15) is 5.26 Å². The smallest absolute Gasteiger partial charge is 0.222 e. The van der Waals surface area contributed by atoms with Crippen molar-refractivity contribution >= 4 is 23.2 Å². The van der Waals surface area contributed by atoms with Gasteiger partial charge in [-0.1, -0.05) is 23.7 Å². The molecule has 0 saturated heterocycles. The third-order valence-electron chi connectivity index (χ3n) is 4.17. The Morgan fingerprint density at radius 1 is 1.39 bits per heavy atom. The van der Waals surface area contributed by atoms with Crippen LogP contribution in [0.5, 0.6) is 0 Å². The van der Waals surface area contributed by atoms with E-state index in [1.807, 2.05) is 18.2 Å². The number of carbonyl (C=O) groups is 2. The Bertz CT molecular complexity index is 804. The van der Waals surface area contributed by atoms with Crippen LogP contribution in [-0.4, -0.2) is 21.1 Å². The molecule has 0 N–H and O–H groups in total.